The number of epoxide rings is 2. The van der Waals surface area contributed by atoms with Crippen LogP contribution in [0.2, 0.25) is 0 Å². The summed E-state index contributed by atoms with van der Waals surface area (Å²) in [5, 5.41) is 0. The number of rotatable bonds is 14. The predicted octanol–water partition coefficient (Wildman–Crippen LogP) is 5.01. The molecule has 0 radical (unpaired) electrons. The Hall–Kier alpha value is -3.06. The van der Waals surface area contributed by atoms with Gasteiger partial charge in [0, 0.05) is 18.9 Å². The Morgan fingerprint density at radius 2 is 1.08 bits per heavy atom. The average Bonchev–Trinajstić information content (AvgIpc) is 3.84. The van der Waals surface area contributed by atoms with Crippen molar-refractivity contribution in [3.8, 4) is 17.2 Å². The van der Waals surface area contributed by atoms with Gasteiger partial charge in [-0.2, -0.15) is 0 Å². The molecule has 0 amide bonds. The Balaban J connectivity index is 1.38. The first kappa shape index (κ1) is 24.6. The normalized spacial score (nSPS) is 19.8. The molecule has 2 fully saturated rings. The maximum atomic E-state index is 5.93. The summed E-state index contributed by atoms with van der Waals surface area (Å²) in [5.74, 6) is 2.55. The van der Waals surface area contributed by atoms with Crippen molar-refractivity contribution >= 4 is 0 Å². The highest BCUT2D eigenvalue weighted by Gasteiger charge is 2.32. The largest absolute Gasteiger partial charge is 0.493 e. The van der Waals surface area contributed by atoms with Crippen molar-refractivity contribution in [1.82, 2.24) is 0 Å². The van der Waals surface area contributed by atoms with E-state index in [1.54, 1.807) is 7.11 Å². The highest BCUT2D eigenvalue weighted by Crippen LogP contribution is 2.40. The highest BCUT2D eigenvalue weighted by atomic mass is 16.6. The lowest BCUT2D eigenvalue weighted by molar-refractivity contribution is 0.146. The van der Waals surface area contributed by atoms with Crippen LogP contribution in [0, 0.1) is 0 Å². The van der Waals surface area contributed by atoms with Crippen LogP contribution < -0.4 is 14.2 Å². The number of benzene rings is 3. The van der Waals surface area contributed by atoms with Gasteiger partial charge >= 0.3 is 0 Å². The summed E-state index contributed by atoms with van der Waals surface area (Å²) in [5.41, 5.74) is 3.13. The summed E-state index contributed by atoms with van der Waals surface area (Å²) in [6.07, 6.45) is 1.54. The molecule has 36 heavy (non-hydrogen) atoms. The Bertz CT molecular complexity index is 1090. The molecule has 3 aromatic rings. The van der Waals surface area contributed by atoms with Crippen LogP contribution in [-0.4, -0.2) is 59.0 Å². The zero-order valence-electron chi connectivity index (χ0n) is 21.0. The van der Waals surface area contributed by atoms with Crippen LogP contribution in [0.25, 0.3) is 0 Å². The van der Waals surface area contributed by atoms with Gasteiger partial charge in [0.1, 0.15) is 36.6 Å². The summed E-state index contributed by atoms with van der Waals surface area (Å²) in [6.45, 7) is 6.23. The monoisotopic (exact) mass is 490 g/mol. The van der Waals surface area contributed by atoms with E-state index >= 15 is 0 Å². The molecule has 0 saturated carbocycles. The molecule has 0 bridgehead atoms. The SMILES string of the molecule is COCCOc1ccc(C(C)(c2ccc(OCCC3CO3)cc2)c2ccc(OCC3CO3)cc2)cc1. The molecular weight excluding hydrogens is 456 g/mol. The quantitative estimate of drug-likeness (QED) is 0.180. The molecule has 0 spiro atoms. The smallest absolute Gasteiger partial charge is 0.119 e. The predicted molar refractivity (Wildman–Crippen MR) is 137 cm³/mol. The van der Waals surface area contributed by atoms with Gasteiger partial charge in [-0.25, -0.2) is 0 Å². The molecule has 2 heterocycles. The van der Waals surface area contributed by atoms with Crippen molar-refractivity contribution in [2.45, 2.75) is 31.0 Å². The van der Waals surface area contributed by atoms with E-state index < -0.39 is 0 Å². The van der Waals surface area contributed by atoms with Crippen molar-refractivity contribution in [1.29, 1.82) is 0 Å². The van der Waals surface area contributed by atoms with Crippen LogP contribution in [0.3, 0.4) is 0 Å². The van der Waals surface area contributed by atoms with Crippen LogP contribution in [0.5, 0.6) is 17.2 Å². The number of hydrogen-bond acceptors (Lipinski definition) is 6. The van der Waals surface area contributed by atoms with Gasteiger partial charge in [0.25, 0.3) is 0 Å². The third kappa shape index (κ3) is 6.19. The minimum Gasteiger partial charge on any atom is -0.493 e. The number of ether oxygens (including phenoxy) is 6. The topological polar surface area (TPSA) is 62.0 Å². The minimum atomic E-state index is -0.385. The first-order chi connectivity index (χ1) is 17.6. The second kappa shape index (κ2) is 11.3. The molecule has 3 unspecified atom stereocenters. The minimum absolute atomic E-state index is 0.233. The first-order valence-corrected chi connectivity index (χ1v) is 12.6. The van der Waals surface area contributed by atoms with Gasteiger partial charge in [-0.1, -0.05) is 36.4 Å². The molecule has 190 valence electrons. The van der Waals surface area contributed by atoms with Gasteiger partial charge < -0.3 is 28.4 Å². The summed E-state index contributed by atoms with van der Waals surface area (Å²) in [7, 11) is 1.67. The van der Waals surface area contributed by atoms with Gasteiger partial charge in [0.2, 0.25) is 0 Å². The van der Waals surface area contributed by atoms with Crippen LogP contribution in [0.15, 0.2) is 72.8 Å². The molecule has 0 aromatic heterocycles. The Kier molecular flexibility index (Phi) is 7.75. The van der Waals surface area contributed by atoms with Gasteiger partial charge in [-0.05, 0) is 60.0 Å². The van der Waals surface area contributed by atoms with Gasteiger partial charge in [0.05, 0.1) is 32.5 Å². The Labute approximate surface area is 213 Å². The third-order valence-corrected chi connectivity index (χ3v) is 6.80. The summed E-state index contributed by atoms with van der Waals surface area (Å²) < 4.78 is 33.2. The lowest BCUT2D eigenvalue weighted by Crippen LogP contribution is -2.25. The molecule has 6 nitrogen and oxygen atoms in total. The second-order valence-corrected chi connectivity index (χ2v) is 9.40. The van der Waals surface area contributed by atoms with Crippen LogP contribution in [0.4, 0.5) is 0 Å². The van der Waals surface area contributed by atoms with E-state index in [9.17, 15) is 0 Å². The van der Waals surface area contributed by atoms with Crippen LogP contribution >= 0.6 is 0 Å². The second-order valence-electron chi connectivity index (χ2n) is 9.40. The first-order valence-electron chi connectivity index (χ1n) is 12.6. The number of methoxy groups -OCH3 is 1. The molecule has 3 atom stereocenters. The number of hydrogen-bond donors (Lipinski definition) is 0. The fourth-order valence-electron chi connectivity index (χ4n) is 4.29. The maximum Gasteiger partial charge on any atom is 0.119 e. The summed E-state index contributed by atoms with van der Waals surface area (Å²) >= 11 is 0. The highest BCUT2D eigenvalue weighted by molar-refractivity contribution is 5.52. The van der Waals surface area contributed by atoms with Crippen LogP contribution in [0.1, 0.15) is 30.0 Å². The van der Waals surface area contributed by atoms with Gasteiger partial charge in [0.15, 0.2) is 0 Å². The lowest BCUT2D eigenvalue weighted by Gasteiger charge is -2.32. The Morgan fingerprint density at radius 3 is 1.53 bits per heavy atom. The van der Waals surface area contributed by atoms with E-state index in [0.29, 0.717) is 32.5 Å². The van der Waals surface area contributed by atoms with Crippen LogP contribution in [-0.2, 0) is 19.6 Å². The lowest BCUT2D eigenvalue weighted by atomic mass is 9.71. The van der Waals surface area contributed by atoms with E-state index in [4.69, 9.17) is 28.4 Å². The van der Waals surface area contributed by atoms with E-state index in [1.165, 1.54) is 16.7 Å². The molecule has 0 aliphatic carbocycles. The zero-order valence-corrected chi connectivity index (χ0v) is 21.0. The molecule has 2 aliphatic rings. The third-order valence-electron chi connectivity index (χ3n) is 6.80. The maximum absolute atomic E-state index is 5.93. The fraction of sp³-hybridized carbons (Fsp3) is 0.400. The summed E-state index contributed by atoms with van der Waals surface area (Å²) in [4.78, 5) is 0. The van der Waals surface area contributed by atoms with Crippen molar-refractivity contribution in [3.05, 3.63) is 89.5 Å². The van der Waals surface area contributed by atoms with Crippen molar-refractivity contribution in [3.63, 3.8) is 0 Å². The van der Waals surface area contributed by atoms with E-state index in [0.717, 1.165) is 36.9 Å². The molecule has 3 aromatic carbocycles. The van der Waals surface area contributed by atoms with Crippen molar-refractivity contribution in [2.24, 2.45) is 0 Å². The molecule has 2 aliphatic heterocycles. The van der Waals surface area contributed by atoms with Crippen molar-refractivity contribution < 1.29 is 28.4 Å². The summed E-state index contributed by atoms with van der Waals surface area (Å²) in [6, 6.07) is 25.1. The molecule has 0 N–H and O–H groups in total. The van der Waals surface area contributed by atoms with E-state index in [2.05, 4.69) is 55.5 Å². The Morgan fingerprint density at radius 1 is 0.639 bits per heavy atom. The van der Waals surface area contributed by atoms with Crippen molar-refractivity contribution in [2.75, 3.05) is 46.8 Å². The zero-order chi connectivity index (χ0) is 24.8. The van der Waals surface area contributed by atoms with Gasteiger partial charge in [-0.15, -0.1) is 0 Å². The average molecular weight is 491 g/mol. The fourth-order valence-corrected chi connectivity index (χ4v) is 4.29. The molecular formula is C30H34O6. The van der Waals surface area contributed by atoms with Gasteiger partial charge in [-0.3, -0.25) is 0 Å². The van der Waals surface area contributed by atoms with E-state index in [1.807, 2.05) is 24.3 Å². The molecule has 5 rings (SSSR count). The van der Waals surface area contributed by atoms with E-state index in [-0.39, 0.29) is 11.5 Å². The standard InChI is InChI=1S/C30H34O6/c1-30(23-5-11-26(12-6-23)33-18-17-31-2,24-7-13-27(14-8-24)34-20-29-21-36-29)22-3-9-25(10-4-22)32-16-15-28-19-35-28/h3-14,28-29H,15-21H2,1-2H3. The molecule has 6 heteroatoms. The molecule has 2 saturated heterocycles.